The van der Waals surface area contributed by atoms with Crippen LogP contribution in [0.1, 0.15) is 23.6 Å². The molecule has 0 unspecified atom stereocenters. The first-order chi connectivity index (χ1) is 12.2. The monoisotopic (exact) mass is 319 g/mol. The third-order valence-corrected chi connectivity index (χ3v) is 5.87. The number of fused-ring (bicyclic) bond motifs is 2. The maximum atomic E-state index is 5.02. The highest BCUT2D eigenvalue weighted by Crippen LogP contribution is 2.14. The number of rotatable bonds is 1. The lowest BCUT2D eigenvalue weighted by Gasteiger charge is -2.30. The van der Waals surface area contributed by atoms with Gasteiger partial charge in [-0.3, -0.25) is 0 Å². The van der Waals surface area contributed by atoms with E-state index in [0.717, 1.165) is 0 Å². The highest BCUT2D eigenvalue weighted by atomic mass is 14.7. The first-order valence-electron chi connectivity index (χ1n) is 8.99. The standard InChI is InChI=1S/C22H19B2N/c1-14-8-6-9-15(2)21(14)23-18-11-4-5-12-19(18)24-22-17(16(3)25-24)10-7-13-20(22)23/h4-13H,1-3H3. The molecule has 0 aliphatic carbocycles. The average molecular weight is 319 g/mol. The van der Waals surface area contributed by atoms with Gasteiger partial charge in [0.05, 0.1) is 0 Å². The van der Waals surface area contributed by atoms with Crippen molar-refractivity contribution in [2.45, 2.75) is 20.8 Å². The van der Waals surface area contributed by atoms with Crippen LogP contribution in [0.25, 0.3) is 0 Å². The number of aryl methyl sites for hydroxylation is 2. The van der Waals surface area contributed by atoms with Crippen molar-refractivity contribution >= 4 is 46.6 Å². The summed E-state index contributed by atoms with van der Waals surface area (Å²) in [6.45, 7) is 7.08. The molecule has 0 fully saturated rings. The number of benzene rings is 3. The predicted molar refractivity (Wildman–Crippen MR) is 111 cm³/mol. The molecule has 0 atom stereocenters. The van der Waals surface area contributed by atoms with Crippen molar-refractivity contribution in [3.63, 3.8) is 0 Å². The van der Waals surface area contributed by atoms with Crippen LogP contribution in [-0.4, -0.2) is 19.3 Å². The molecular formula is C22H19B2N. The Morgan fingerprint density at radius 1 is 0.640 bits per heavy atom. The first-order valence-corrected chi connectivity index (χ1v) is 8.99. The largest absolute Gasteiger partial charge is 0.344 e. The molecule has 118 valence electrons. The van der Waals surface area contributed by atoms with Crippen molar-refractivity contribution in [1.29, 1.82) is 0 Å². The molecule has 0 radical (unpaired) electrons. The van der Waals surface area contributed by atoms with Crippen LogP contribution in [0.3, 0.4) is 0 Å². The van der Waals surface area contributed by atoms with E-state index in [4.69, 9.17) is 4.90 Å². The van der Waals surface area contributed by atoms with Crippen LogP contribution in [0.4, 0.5) is 0 Å². The molecule has 3 heteroatoms. The van der Waals surface area contributed by atoms with Crippen molar-refractivity contribution in [2.75, 3.05) is 0 Å². The molecule has 2 aliphatic rings. The van der Waals surface area contributed by atoms with Crippen molar-refractivity contribution in [2.24, 2.45) is 4.90 Å². The number of hydrogen-bond donors (Lipinski definition) is 0. The van der Waals surface area contributed by atoms with E-state index in [1.165, 1.54) is 49.7 Å². The smallest absolute Gasteiger partial charge is 0.333 e. The van der Waals surface area contributed by atoms with Crippen molar-refractivity contribution in [1.82, 2.24) is 0 Å². The van der Waals surface area contributed by atoms with Crippen molar-refractivity contribution in [3.8, 4) is 0 Å². The second-order valence-corrected chi connectivity index (χ2v) is 7.29. The molecular weight excluding hydrogens is 300 g/mol. The minimum atomic E-state index is 0.169. The van der Waals surface area contributed by atoms with Gasteiger partial charge in [-0.15, -0.1) is 0 Å². The molecule has 0 aromatic heterocycles. The van der Waals surface area contributed by atoms with E-state index in [1.54, 1.807) is 0 Å². The fourth-order valence-electron chi connectivity index (χ4n) is 4.79. The Labute approximate surface area is 150 Å². The molecule has 0 N–H and O–H groups in total. The van der Waals surface area contributed by atoms with Gasteiger partial charge in [-0.1, -0.05) is 93.6 Å². The van der Waals surface area contributed by atoms with Gasteiger partial charge in [-0.05, 0) is 31.8 Å². The van der Waals surface area contributed by atoms with E-state index in [1.807, 2.05) is 0 Å². The molecule has 0 saturated heterocycles. The first kappa shape index (κ1) is 14.8. The van der Waals surface area contributed by atoms with Gasteiger partial charge in [-0.2, -0.15) is 0 Å². The number of nitrogens with zero attached hydrogens (tertiary/aromatic N) is 1. The van der Waals surface area contributed by atoms with Gasteiger partial charge >= 0.3 is 6.85 Å². The van der Waals surface area contributed by atoms with E-state index in [9.17, 15) is 0 Å². The minimum absolute atomic E-state index is 0.169. The van der Waals surface area contributed by atoms with Crippen LogP contribution in [0.15, 0.2) is 65.6 Å². The zero-order valence-corrected chi connectivity index (χ0v) is 14.9. The maximum absolute atomic E-state index is 5.02. The Morgan fingerprint density at radius 3 is 2.04 bits per heavy atom. The summed E-state index contributed by atoms with van der Waals surface area (Å²) in [5.41, 5.74) is 12.3. The predicted octanol–water partition coefficient (Wildman–Crippen LogP) is 1.06. The molecule has 25 heavy (non-hydrogen) atoms. The Balaban J connectivity index is 1.89. The molecule has 0 bridgehead atoms. The highest BCUT2D eigenvalue weighted by molar-refractivity contribution is 7.08. The highest BCUT2D eigenvalue weighted by Gasteiger charge is 2.42. The lowest BCUT2D eigenvalue weighted by molar-refractivity contribution is 1.43. The van der Waals surface area contributed by atoms with Crippen LogP contribution in [0.2, 0.25) is 0 Å². The van der Waals surface area contributed by atoms with Crippen LogP contribution < -0.4 is 27.3 Å². The molecule has 1 nitrogen and oxygen atoms in total. The van der Waals surface area contributed by atoms with Crippen LogP contribution in [0.5, 0.6) is 0 Å². The summed E-state index contributed by atoms with van der Waals surface area (Å²) in [4.78, 5) is 5.02. The Morgan fingerprint density at radius 2 is 1.28 bits per heavy atom. The van der Waals surface area contributed by atoms with E-state index in [0.29, 0.717) is 6.71 Å². The Bertz CT molecular complexity index is 1030. The van der Waals surface area contributed by atoms with Gasteiger partial charge in [0.25, 0.3) is 0 Å². The quantitative estimate of drug-likeness (QED) is 0.595. The van der Waals surface area contributed by atoms with Crippen LogP contribution >= 0.6 is 0 Å². The van der Waals surface area contributed by atoms with Gasteiger partial charge in [0.2, 0.25) is 6.71 Å². The fourth-order valence-corrected chi connectivity index (χ4v) is 4.79. The third kappa shape index (κ3) is 1.96. The lowest BCUT2D eigenvalue weighted by atomic mass is 9.25. The van der Waals surface area contributed by atoms with Gasteiger partial charge < -0.3 is 4.90 Å². The van der Waals surface area contributed by atoms with E-state index >= 15 is 0 Å². The topological polar surface area (TPSA) is 12.4 Å². The van der Waals surface area contributed by atoms with Crippen LogP contribution in [-0.2, 0) is 0 Å². The zero-order chi connectivity index (χ0) is 17.1. The molecule has 0 amide bonds. The van der Waals surface area contributed by atoms with E-state index in [2.05, 4.69) is 81.4 Å². The summed E-state index contributed by atoms with van der Waals surface area (Å²) in [6.07, 6.45) is 0. The molecule has 0 spiro atoms. The second kappa shape index (κ2) is 5.23. The molecule has 5 rings (SSSR count). The summed E-state index contributed by atoms with van der Waals surface area (Å²) < 4.78 is 0. The fraction of sp³-hybridized carbons (Fsp3) is 0.136. The normalized spacial score (nSPS) is 14.3. The zero-order valence-electron chi connectivity index (χ0n) is 14.9. The third-order valence-electron chi connectivity index (χ3n) is 5.87. The Hall–Kier alpha value is -2.54. The summed E-state index contributed by atoms with van der Waals surface area (Å²) >= 11 is 0. The van der Waals surface area contributed by atoms with Crippen LogP contribution in [0, 0.1) is 13.8 Å². The molecule has 3 aromatic rings. The summed E-state index contributed by atoms with van der Waals surface area (Å²) in [7, 11) is 0. The van der Waals surface area contributed by atoms with Gasteiger partial charge in [0.15, 0.2) is 0 Å². The molecule has 0 saturated carbocycles. The van der Waals surface area contributed by atoms with Gasteiger partial charge in [0.1, 0.15) is 0 Å². The molecule has 2 heterocycles. The minimum Gasteiger partial charge on any atom is -0.333 e. The SMILES string of the molecule is CC1=NB2c3ccccc3B(c3c(C)cccc3C)c3cccc1c32. The maximum Gasteiger partial charge on any atom is 0.344 e. The second-order valence-electron chi connectivity index (χ2n) is 7.29. The van der Waals surface area contributed by atoms with Gasteiger partial charge in [0, 0.05) is 5.71 Å². The average Bonchev–Trinajstić information content (AvgIpc) is 2.96. The van der Waals surface area contributed by atoms with Crippen molar-refractivity contribution in [3.05, 3.63) is 77.4 Å². The van der Waals surface area contributed by atoms with E-state index in [-0.39, 0.29) is 6.85 Å². The summed E-state index contributed by atoms with van der Waals surface area (Å²) in [5, 5.41) is 0. The Kier molecular flexibility index (Phi) is 3.09. The summed E-state index contributed by atoms with van der Waals surface area (Å²) in [5.74, 6) is 0. The van der Waals surface area contributed by atoms with Crippen molar-refractivity contribution < 1.29 is 0 Å². The lowest BCUT2D eigenvalue weighted by Crippen LogP contribution is -2.72. The van der Waals surface area contributed by atoms with E-state index < -0.39 is 0 Å². The summed E-state index contributed by atoms with van der Waals surface area (Å²) in [6, 6.07) is 22.3. The molecule has 3 aromatic carbocycles. The van der Waals surface area contributed by atoms with Gasteiger partial charge in [-0.25, -0.2) is 0 Å². The number of hydrogen-bond acceptors (Lipinski definition) is 1. The molecule has 2 aliphatic heterocycles.